The molecule has 3 heterocycles. The first kappa shape index (κ1) is 18.9. The topological polar surface area (TPSA) is 111 Å². The Hall–Kier alpha value is -2.84. The van der Waals surface area contributed by atoms with Gasteiger partial charge < -0.3 is 14.2 Å². The Morgan fingerprint density at radius 2 is 2.19 bits per heavy atom. The number of nitrogens with zero attached hydrogens (tertiary/aromatic N) is 5. The second kappa shape index (κ2) is 7.81. The summed E-state index contributed by atoms with van der Waals surface area (Å²) in [5.74, 6) is 0.454. The van der Waals surface area contributed by atoms with Crippen LogP contribution in [0.2, 0.25) is 0 Å². The number of amides is 1. The molecule has 1 fully saturated rings. The summed E-state index contributed by atoms with van der Waals surface area (Å²) in [6.45, 7) is 5.75. The van der Waals surface area contributed by atoms with Crippen molar-refractivity contribution in [3.8, 4) is 11.5 Å². The second-order valence-corrected chi connectivity index (χ2v) is 7.17. The molecule has 0 spiro atoms. The maximum Gasteiger partial charge on any atom is 0.303 e. The van der Waals surface area contributed by atoms with E-state index in [1.54, 1.807) is 37.3 Å². The molecule has 3 rings (SSSR count). The van der Waals surface area contributed by atoms with E-state index in [1.807, 2.05) is 0 Å². The fourth-order valence-corrected chi connectivity index (χ4v) is 3.30. The first-order chi connectivity index (χ1) is 12.8. The minimum Gasteiger partial charge on any atom is -0.450 e. The zero-order valence-corrected chi connectivity index (χ0v) is 15.7. The number of carbonyl (C=O) groups is 2. The summed E-state index contributed by atoms with van der Waals surface area (Å²) in [5.41, 5.74) is -0.617. The summed E-state index contributed by atoms with van der Waals surface area (Å²) in [6, 6.07) is 0. The number of esters is 1. The van der Waals surface area contributed by atoms with Crippen LogP contribution in [0.1, 0.15) is 39.5 Å². The fraction of sp³-hybridized carbons (Fsp3) is 0.556. The number of aromatic nitrogens is 4. The molecule has 1 saturated heterocycles. The Morgan fingerprint density at radius 1 is 1.37 bits per heavy atom. The Labute approximate surface area is 157 Å². The van der Waals surface area contributed by atoms with E-state index in [0.717, 1.165) is 12.8 Å². The van der Waals surface area contributed by atoms with Crippen LogP contribution in [0.5, 0.6) is 0 Å². The number of hydrogen-bond acceptors (Lipinski definition) is 8. The summed E-state index contributed by atoms with van der Waals surface area (Å²) in [6.07, 6.45) is 7.13. The molecule has 1 atom stereocenters. The molecule has 2 aromatic heterocycles. The summed E-state index contributed by atoms with van der Waals surface area (Å²) >= 11 is 0. The van der Waals surface area contributed by atoms with E-state index in [2.05, 4.69) is 20.1 Å². The molecule has 0 bridgehead atoms. The van der Waals surface area contributed by atoms with E-state index < -0.39 is 11.6 Å². The van der Waals surface area contributed by atoms with Gasteiger partial charge in [-0.2, -0.15) is 4.98 Å². The van der Waals surface area contributed by atoms with Crippen LogP contribution in [0.15, 0.2) is 23.1 Å². The van der Waals surface area contributed by atoms with Crippen molar-refractivity contribution in [1.29, 1.82) is 0 Å². The number of piperidine rings is 1. The van der Waals surface area contributed by atoms with Crippen LogP contribution in [0.25, 0.3) is 11.5 Å². The van der Waals surface area contributed by atoms with Gasteiger partial charge in [0.05, 0.1) is 6.20 Å². The normalized spacial score (nSPS) is 17.6. The van der Waals surface area contributed by atoms with Crippen molar-refractivity contribution in [2.45, 2.75) is 45.6 Å². The Bertz CT molecular complexity index is 805. The summed E-state index contributed by atoms with van der Waals surface area (Å²) in [5, 5.41) is 3.95. The first-order valence-corrected chi connectivity index (χ1v) is 8.93. The zero-order chi connectivity index (χ0) is 19.4. The third-order valence-corrected chi connectivity index (χ3v) is 4.44. The van der Waals surface area contributed by atoms with Gasteiger partial charge in [0.1, 0.15) is 5.69 Å². The minimum atomic E-state index is -1.17. The maximum absolute atomic E-state index is 12.7. The lowest BCUT2D eigenvalue weighted by molar-refractivity contribution is -0.169. The van der Waals surface area contributed by atoms with Crippen LogP contribution >= 0.6 is 0 Å². The van der Waals surface area contributed by atoms with Gasteiger partial charge in [0.2, 0.25) is 11.7 Å². The summed E-state index contributed by atoms with van der Waals surface area (Å²) < 4.78 is 10.5. The molecule has 1 aliphatic heterocycles. The molecule has 1 unspecified atom stereocenters. The minimum absolute atomic E-state index is 0.187. The van der Waals surface area contributed by atoms with E-state index in [1.165, 1.54) is 6.92 Å². The average Bonchev–Trinajstić information content (AvgIpc) is 3.09. The lowest BCUT2D eigenvalue weighted by Gasteiger charge is -2.36. The lowest BCUT2D eigenvalue weighted by Crippen LogP contribution is -2.51. The molecule has 1 aliphatic rings. The number of likely N-dealkylation sites (tertiary alicyclic amines) is 1. The Kier molecular flexibility index (Phi) is 5.48. The number of carbonyl (C=O) groups excluding carboxylic acids is 2. The van der Waals surface area contributed by atoms with Crippen molar-refractivity contribution < 1.29 is 18.8 Å². The van der Waals surface area contributed by atoms with Gasteiger partial charge in [-0.3, -0.25) is 14.6 Å². The molecular weight excluding hydrogens is 350 g/mol. The van der Waals surface area contributed by atoms with Crippen molar-refractivity contribution in [3.63, 3.8) is 0 Å². The molecule has 9 nitrogen and oxygen atoms in total. The number of rotatable bonds is 5. The monoisotopic (exact) mass is 373 g/mol. The maximum atomic E-state index is 12.7. The van der Waals surface area contributed by atoms with Gasteiger partial charge in [-0.05, 0) is 32.6 Å². The molecule has 0 N–H and O–H groups in total. The Morgan fingerprint density at radius 3 is 2.89 bits per heavy atom. The van der Waals surface area contributed by atoms with Crippen LogP contribution in [0, 0.1) is 5.92 Å². The van der Waals surface area contributed by atoms with Crippen molar-refractivity contribution in [1.82, 2.24) is 25.0 Å². The highest BCUT2D eigenvalue weighted by molar-refractivity contribution is 5.86. The highest BCUT2D eigenvalue weighted by Crippen LogP contribution is 2.24. The van der Waals surface area contributed by atoms with E-state index in [9.17, 15) is 9.59 Å². The molecule has 9 heteroatoms. The van der Waals surface area contributed by atoms with E-state index in [-0.39, 0.29) is 11.8 Å². The van der Waals surface area contributed by atoms with E-state index >= 15 is 0 Å². The fourth-order valence-electron chi connectivity index (χ4n) is 3.30. The van der Waals surface area contributed by atoms with Gasteiger partial charge in [-0.1, -0.05) is 5.16 Å². The van der Waals surface area contributed by atoms with Gasteiger partial charge in [-0.15, -0.1) is 0 Å². The molecule has 0 aliphatic carbocycles. The standard InChI is InChI=1S/C18H23N5O4/c1-12(24)26-18(2,3)17(25)23-8-4-5-13(11-23)9-15-21-16(22-27-15)14-10-19-6-7-20-14/h6-7,10,13H,4-5,8-9,11H2,1-3H3. The van der Waals surface area contributed by atoms with Crippen molar-refractivity contribution in [3.05, 3.63) is 24.5 Å². The molecule has 0 aromatic carbocycles. The molecule has 144 valence electrons. The third-order valence-electron chi connectivity index (χ3n) is 4.44. The predicted molar refractivity (Wildman–Crippen MR) is 94.2 cm³/mol. The molecule has 0 radical (unpaired) electrons. The highest BCUT2D eigenvalue weighted by Gasteiger charge is 2.37. The van der Waals surface area contributed by atoms with Crippen molar-refractivity contribution in [2.75, 3.05) is 13.1 Å². The van der Waals surface area contributed by atoms with E-state index in [4.69, 9.17) is 9.26 Å². The van der Waals surface area contributed by atoms with Crippen LogP contribution < -0.4 is 0 Å². The molecule has 27 heavy (non-hydrogen) atoms. The van der Waals surface area contributed by atoms with Crippen molar-refractivity contribution >= 4 is 11.9 Å². The van der Waals surface area contributed by atoms with Crippen molar-refractivity contribution in [2.24, 2.45) is 5.92 Å². The second-order valence-electron chi connectivity index (χ2n) is 7.17. The first-order valence-electron chi connectivity index (χ1n) is 8.93. The SMILES string of the molecule is CC(=O)OC(C)(C)C(=O)N1CCCC(Cc2nc(-c3cnccn3)no2)C1. The van der Waals surface area contributed by atoms with Gasteiger partial charge in [0.15, 0.2) is 5.60 Å². The number of ether oxygens (including phenoxy) is 1. The Balaban J connectivity index is 1.63. The zero-order valence-electron chi connectivity index (χ0n) is 15.7. The smallest absolute Gasteiger partial charge is 0.303 e. The largest absolute Gasteiger partial charge is 0.450 e. The van der Waals surface area contributed by atoms with Gasteiger partial charge in [0.25, 0.3) is 5.91 Å². The third kappa shape index (κ3) is 4.66. The van der Waals surface area contributed by atoms with Gasteiger partial charge in [0, 0.05) is 38.8 Å². The van der Waals surface area contributed by atoms with E-state index in [0.29, 0.717) is 36.9 Å². The van der Waals surface area contributed by atoms with Crippen LogP contribution in [0.4, 0.5) is 0 Å². The number of hydrogen-bond donors (Lipinski definition) is 0. The van der Waals surface area contributed by atoms with Crippen LogP contribution in [-0.2, 0) is 20.7 Å². The van der Waals surface area contributed by atoms with Crippen LogP contribution in [-0.4, -0.2) is 55.6 Å². The summed E-state index contributed by atoms with van der Waals surface area (Å²) in [4.78, 5) is 38.2. The quantitative estimate of drug-likeness (QED) is 0.727. The molecule has 1 amide bonds. The predicted octanol–water partition coefficient (Wildman–Crippen LogP) is 1.65. The highest BCUT2D eigenvalue weighted by atomic mass is 16.6. The lowest BCUT2D eigenvalue weighted by atomic mass is 9.93. The average molecular weight is 373 g/mol. The molecular formula is C18H23N5O4. The molecule has 2 aromatic rings. The van der Waals surface area contributed by atoms with Crippen LogP contribution in [0.3, 0.4) is 0 Å². The molecule has 0 saturated carbocycles. The van der Waals surface area contributed by atoms with Gasteiger partial charge >= 0.3 is 5.97 Å². The summed E-state index contributed by atoms with van der Waals surface area (Å²) in [7, 11) is 0. The van der Waals surface area contributed by atoms with Gasteiger partial charge in [-0.25, -0.2) is 4.98 Å².